The molecule has 2 heterocycles. The Morgan fingerprint density at radius 2 is 2.04 bits per heavy atom. The second kappa shape index (κ2) is 9.96. The van der Waals surface area contributed by atoms with E-state index in [9.17, 15) is 0 Å². The number of thiazole rings is 1. The minimum Gasteiger partial charge on any atom is -0.357 e. The lowest BCUT2D eigenvalue weighted by atomic mass is 10.2. The molecule has 1 aromatic heterocycles. The average molecular weight is 353 g/mol. The molecule has 0 saturated carbocycles. The van der Waals surface area contributed by atoms with Gasteiger partial charge in [0.05, 0.1) is 6.54 Å². The van der Waals surface area contributed by atoms with Crippen LogP contribution >= 0.6 is 11.3 Å². The molecule has 1 aliphatic rings. The van der Waals surface area contributed by atoms with Crippen molar-refractivity contribution in [1.29, 1.82) is 0 Å². The van der Waals surface area contributed by atoms with E-state index in [2.05, 4.69) is 58.2 Å². The van der Waals surface area contributed by atoms with Crippen LogP contribution in [-0.2, 0) is 13.0 Å². The zero-order valence-electron chi connectivity index (χ0n) is 15.5. The minimum atomic E-state index is 0.508. The van der Waals surface area contributed by atoms with Gasteiger partial charge in [-0.3, -0.25) is 4.90 Å². The normalized spacial score (nSPS) is 18.6. The van der Waals surface area contributed by atoms with Crippen LogP contribution < -0.4 is 10.6 Å². The molecule has 1 unspecified atom stereocenters. The zero-order chi connectivity index (χ0) is 17.4. The number of hydrogen-bond donors (Lipinski definition) is 2. The summed E-state index contributed by atoms with van der Waals surface area (Å²) >= 11 is 1.75. The van der Waals surface area contributed by atoms with E-state index >= 15 is 0 Å². The molecule has 0 aromatic carbocycles. The van der Waals surface area contributed by atoms with Crippen molar-refractivity contribution in [1.82, 2.24) is 25.4 Å². The van der Waals surface area contributed by atoms with Gasteiger partial charge in [0, 0.05) is 56.4 Å². The third kappa shape index (κ3) is 6.03. The Morgan fingerprint density at radius 3 is 2.67 bits per heavy atom. The van der Waals surface area contributed by atoms with Crippen molar-refractivity contribution in [2.75, 3.05) is 46.3 Å². The van der Waals surface area contributed by atoms with Gasteiger partial charge in [-0.2, -0.15) is 0 Å². The number of aliphatic imine (C=N–C) groups is 1. The zero-order valence-corrected chi connectivity index (χ0v) is 16.3. The summed E-state index contributed by atoms with van der Waals surface area (Å²) in [7, 11) is 2.19. The number of nitrogens with zero attached hydrogens (tertiary/aromatic N) is 4. The van der Waals surface area contributed by atoms with Crippen molar-refractivity contribution in [2.45, 2.75) is 39.8 Å². The highest BCUT2D eigenvalue weighted by Crippen LogP contribution is 2.14. The van der Waals surface area contributed by atoms with E-state index in [-0.39, 0.29) is 0 Å². The third-order valence-electron chi connectivity index (χ3n) is 4.39. The Balaban J connectivity index is 1.82. The molecule has 0 bridgehead atoms. The highest BCUT2D eigenvalue weighted by Gasteiger charge is 2.19. The predicted molar refractivity (Wildman–Crippen MR) is 103 cm³/mol. The molecule has 0 amide bonds. The van der Waals surface area contributed by atoms with Crippen LogP contribution in [0.25, 0.3) is 0 Å². The molecular formula is C17H32N6S. The first-order chi connectivity index (χ1) is 11.6. The van der Waals surface area contributed by atoms with Crippen LogP contribution in [0.3, 0.4) is 0 Å². The Hall–Kier alpha value is -1.18. The smallest absolute Gasteiger partial charge is 0.191 e. The van der Waals surface area contributed by atoms with Crippen LogP contribution in [-0.4, -0.2) is 73.1 Å². The highest BCUT2D eigenvalue weighted by atomic mass is 32.1. The van der Waals surface area contributed by atoms with Crippen LogP contribution in [0.4, 0.5) is 0 Å². The van der Waals surface area contributed by atoms with E-state index in [0.29, 0.717) is 12.6 Å². The fourth-order valence-electron chi connectivity index (χ4n) is 2.71. The summed E-state index contributed by atoms with van der Waals surface area (Å²) in [6, 6.07) is 0.508. The Labute approximate surface area is 150 Å². The van der Waals surface area contributed by atoms with Crippen LogP contribution in [0.5, 0.6) is 0 Å². The van der Waals surface area contributed by atoms with Crippen molar-refractivity contribution in [3.8, 4) is 0 Å². The SMILES string of the molecule is CCNC(=NCc1ncc(CC)s1)NCC(C)N1CCN(C)CC1. The van der Waals surface area contributed by atoms with Gasteiger partial charge in [0.25, 0.3) is 0 Å². The van der Waals surface area contributed by atoms with Crippen LogP contribution in [0.2, 0.25) is 0 Å². The second-order valence-corrected chi connectivity index (χ2v) is 7.54. The topological polar surface area (TPSA) is 55.8 Å². The lowest BCUT2D eigenvalue weighted by molar-refractivity contribution is 0.120. The Bertz CT molecular complexity index is 507. The van der Waals surface area contributed by atoms with Gasteiger partial charge in [0.2, 0.25) is 0 Å². The molecule has 24 heavy (non-hydrogen) atoms. The first-order valence-electron chi connectivity index (χ1n) is 9.00. The van der Waals surface area contributed by atoms with Gasteiger partial charge in [-0.05, 0) is 27.3 Å². The standard InChI is InChI=1S/C17H32N6S/c1-5-15-12-19-16(24-15)13-21-17(18-6-2)20-11-14(3)23-9-7-22(4)8-10-23/h12,14H,5-11,13H2,1-4H3,(H2,18,20,21). The minimum absolute atomic E-state index is 0.508. The number of rotatable bonds is 7. The van der Waals surface area contributed by atoms with Gasteiger partial charge in [-0.25, -0.2) is 9.98 Å². The Morgan fingerprint density at radius 1 is 1.29 bits per heavy atom. The lowest BCUT2D eigenvalue weighted by Gasteiger charge is -2.36. The number of aryl methyl sites for hydroxylation is 1. The van der Waals surface area contributed by atoms with Crippen LogP contribution in [0.1, 0.15) is 30.7 Å². The van der Waals surface area contributed by atoms with E-state index in [4.69, 9.17) is 0 Å². The summed E-state index contributed by atoms with van der Waals surface area (Å²) in [5.74, 6) is 0.881. The van der Waals surface area contributed by atoms with Gasteiger partial charge >= 0.3 is 0 Å². The molecule has 1 atom stereocenters. The largest absolute Gasteiger partial charge is 0.357 e. The summed E-state index contributed by atoms with van der Waals surface area (Å²) < 4.78 is 0. The van der Waals surface area contributed by atoms with Crippen molar-refractivity contribution < 1.29 is 0 Å². The fourth-order valence-corrected chi connectivity index (χ4v) is 3.50. The maximum atomic E-state index is 4.68. The van der Waals surface area contributed by atoms with Gasteiger partial charge < -0.3 is 15.5 Å². The van der Waals surface area contributed by atoms with Gasteiger partial charge in [-0.1, -0.05) is 6.92 Å². The number of aromatic nitrogens is 1. The quantitative estimate of drug-likeness (QED) is 0.574. The molecule has 1 aromatic rings. The molecule has 0 radical (unpaired) electrons. The highest BCUT2D eigenvalue weighted by molar-refractivity contribution is 7.11. The monoisotopic (exact) mass is 352 g/mol. The van der Waals surface area contributed by atoms with Gasteiger partial charge in [-0.15, -0.1) is 11.3 Å². The predicted octanol–water partition coefficient (Wildman–Crippen LogP) is 1.40. The first-order valence-corrected chi connectivity index (χ1v) is 9.82. The summed E-state index contributed by atoms with van der Waals surface area (Å²) in [5, 5.41) is 7.89. The molecular weight excluding hydrogens is 320 g/mol. The maximum absolute atomic E-state index is 4.68. The van der Waals surface area contributed by atoms with E-state index in [1.165, 1.54) is 4.88 Å². The van der Waals surface area contributed by atoms with Crippen LogP contribution in [0, 0.1) is 0 Å². The van der Waals surface area contributed by atoms with Crippen molar-refractivity contribution in [3.05, 3.63) is 16.1 Å². The summed E-state index contributed by atoms with van der Waals surface area (Å²) in [6.45, 7) is 13.6. The lowest BCUT2D eigenvalue weighted by Crippen LogP contribution is -2.52. The number of hydrogen-bond acceptors (Lipinski definition) is 5. The molecule has 136 valence electrons. The molecule has 1 fully saturated rings. The molecule has 1 aliphatic heterocycles. The summed E-state index contributed by atoms with van der Waals surface area (Å²) in [6.07, 6.45) is 3.01. The molecule has 6 nitrogen and oxygen atoms in total. The van der Waals surface area contributed by atoms with Crippen molar-refractivity contribution >= 4 is 17.3 Å². The van der Waals surface area contributed by atoms with E-state index in [1.807, 2.05) is 6.20 Å². The van der Waals surface area contributed by atoms with Gasteiger partial charge in [0.15, 0.2) is 5.96 Å². The molecule has 7 heteroatoms. The summed E-state index contributed by atoms with van der Waals surface area (Å²) in [5.41, 5.74) is 0. The molecule has 0 spiro atoms. The Kier molecular flexibility index (Phi) is 7.94. The number of guanidine groups is 1. The number of piperazine rings is 1. The van der Waals surface area contributed by atoms with Gasteiger partial charge in [0.1, 0.15) is 5.01 Å². The molecule has 1 saturated heterocycles. The van der Waals surface area contributed by atoms with E-state index in [1.54, 1.807) is 11.3 Å². The van der Waals surface area contributed by atoms with E-state index < -0.39 is 0 Å². The number of likely N-dealkylation sites (N-methyl/N-ethyl adjacent to an activating group) is 1. The van der Waals surface area contributed by atoms with E-state index in [0.717, 1.165) is 56.7 Å². The van der Waals surface area contributed by atoms with Crippen molar-refractivity contribution in [3.63, 3.8) is 0 Å². The average Bonchev–Trinajstić information content (AvgIpc) is 3.06. The second-order valence-electron chi connectivity index (χ2n) is 6.34. The number of nitrogens with one attached hydrogen (secondary N) is 2. The molecule has 2 rings (SSSR count). The first kappa shape index (κ1) is 19.1. The molecule has 0 aliphatic carbocycles. The van der Waals surface area contributed by atoms with Crippen molar-refractivity contribution in [2.24, 2.45) is 4.99 Å². The third-order valence-corrected chi connectivity index (χ3v) is 5.52. The molecule has 2 N–H and O–H groups in total. The van der Waals surface area contributed by atoms with Crippen LogP contribution in [0.15, 0.2) is 11.2 Å². The fraction of sp³-hybridized carbons (Fsp3) is 0.765. The maximum Gasteiger partial charge on any atom is 0.191 e. The summed E-state index contributed by atoms with van der Waals surface area (Å²) in [4.78, 5) is 15.4.